The van der Waals surface area contributed by atoms with Crippen LogP contribution in [0.15, 0.2) is 0 Å². The topological polar surface area (TPSA) is 23.6 Å². The fourth-order valence-electron chi connectivity index (χ4n) is 3.70. The van der Waals surface area contributed by atoms with E-state index in [9.17, 15) is 4.79 Å². The average molecular weight is 240 g/mol. The number of likely N-dealkylation sites (tertiary alicyclic amines) is 1. The second-order valence-corrected chi connectivity index (χ2v) is 6.31. The zero-order valence-corrected chi connectivity index (χ0v) is 10.7. The number of thiol groups is 1. The van der Waals surface area contributed by atoms with E-state index in [1.165, 1.54) is 25.7 Å². The summed E-state index contributed by atoms with van der Waals surface area (Å²) in [6.45, 7) is 0.871. The van der Waals surface area contributed by atoms with E-state index in [0.717, 1.165) is 18.6 Å². The number of fused-ring (bicyclic) bond motifs is 2. The van der Waals surface area contributed by atoms with E-state index in [4.69, 9.17) is 0 Å². The van der Waals surface area contributed by atoms with Crippen molar-refractivity contribution in [3.05, 3.63) is 0 Å². The molecule has 0 radical (unpaired) electrons. The Kier molecular flexibility index (Phi) is 2.67. The van der Waals surface area contributed by atoms with E-state index in [1.807, 2.05) is 0 Å². The number of hydrogen-bond acceptors (Lipinski definition) is 3. The zero-order chi connectivity index (χ0) is 11.3. The fourth-order valence-corrected chi connectivity index (χ4v) is 4.03. The zero-order valence-electron chi connectivity index (χ0n) is 9.80. The van der Waals surface area contributed by atoms with Crippen LogP contribution < -0.4 is 0 Å². The van der Waals surface area contributed by atoms with Crippen LogP contribution in [-0.2, 0) is 4.79 Å². The summed E-state index contributed by atoms with van der Waals surface area (Å²) in [7, 11) is 2.24. The number of rotatable bonds is 1. The molecule has 3 nitrogen and oxygen atoms in total. The maximum Gasteiger partial charge on any atom is 0.224 e. The minimum atomic E-state index is 0.268. The predicted molar refractivity (Wildman–Crippen MR) is 66.7 cm³/mol. The van der Waals surface area contributed by atoms with E-state index >= 15 is 0 Å². The van der Waals surface area contributed by atoms with Gasteiger partial charge in [-0.25, -0.2) is 0 Å². The van der Waals surface area contributed by atoms with Gasteiger partial charge < -0.3 is 9.80 Å². The van der Waals surface area contributed by atoms with Crippen LogP contribution >= 0.6 is 12.6 Å². The van der Waals surface area contributed by atoms with Crippen molar-refractivity contribution in [2.45, 2.75) is 55.5 Å². The van der Waals surface area contributed by atoms with Crippen molar-refractivity contribution in [2.75, 3.05) is 13.6 Å². The monoisotopic (exact) mass is 240 g/mol. The van der Waals surface area contributed by atoms with Gasteiger partial charge >= 0.3 is 0 Å². The van der Waals surface area contributed by atoms with Gasteiger partial charge in [0.1, 0.15) is 0 Å². The van der Waals surface area contributed by atoms with Gasteiger partial charge in [-0.2, -0.15) is 12.6 Å². The predicted octanol–water partition coefficient (Wildman–Crippen LogP) is 1.14. The first kappa shape index (κ1) is 10.9. The number of nitrogens with zero attached hydrogens (tertiary/aromatic N) is 2. The molecule has 4 heteroatoms. The molecule has 1 amide bonds. The summed E-state index contributed by atoms with van der Waals surface area (Å²) in [6, 6.07) is 1.93. The largest absolute Gasteiger partial charge is 0.338 e. The normalized spacial score (nSPS) is 44.4. The van der Waals surface area contributed by atoms with Gasteiger partial charge in [0, 0.05) is 36.3 Å². The fraction of sp³-hybridized carbons (Fsp3) is 0.917. The van der Waals surface area contributed by atoms with Gasteiger partial charge in [0.25, 0.3) is 0 Å². The first-order valence-electron chi connectivity index (χ1n) is 6.34. The third-order valence-electron chi connectivity index (χ3n) is 4.65. The molecular formula is C12H20N2OS. The number of carbonyl (C=O) groups is 1. The molecule has 3 rings (SSSR count). The number of carbonyl (C=O) groups excluding carboxylic acids is 1. The van der Waals surface area contributed by atoms with E-state index in [0.29, 0.717) is 18.4 Å². The molecule has 0 saturated carbocycles. The van der Waals surface area contributed by atoms with Gasteiger partial charge in [0.05, 0.1) is 0 Å². The summed E-state index contributed by atoms with van der Waals surface area (Å²) >= 11 is 4.44. The van der Waals surface area contributed by atoms with Crippen LogP contribution in [0.5, 0.6) is 0 Å². The molecule has 3 aliphatic heterocycles. The lowest BCUT2D eigenvalue weighted by Gasteiger charge is -2.40. The minimum Gasteiger partial charge on any atom is -0.338 e. The first-order valence-corrected chi connectivity index (χ1v) is 6.86. The minimum absolute atomic E-state index is 0.268. The molecule has 3 unspecified atom stereocenters. The Morgan fingerprint density at radius 3 is 2.31 bits per heavy atom. The van der Waals surface area contributed by atoms with Crippen LogP contribution in [0.3, 0.4) is 0 Å². The highest BCUT2D eigenvalue weighted by Gasteiger charge is 2.43. The van der Waals surface area contributed by atoms with Crippen molar-refractivity contribution in [3.8, 4) is 0 Å². The van der Waals surface area contributed by atoms with Gasteiger partial charge in [0.15, 0.2) is 0 Å². The smallest absolute Gasteiger partial charge is 0.224 e. The molecule has 90 valence electrons. The molecule has 0 spiro atoms. The molecule has 3 fully saturated rings. The van der Waals surface area contributed by atoms with Crippen molar-refractivity contribution in [2.24, 2.45) is 0 Å². The molecule has 0 aromatic carbocycles. The molecule has 3 atom stereocenters. The maximum absolute atomic E-state index is 11.9. The summed E-state index contributed by atoms with van der Waals surface area (Å²) in [6.07, 6.45) is 5.65. The summed E-state index contributed by atoms with van der Waals surface area (Å²) in [5.74, 6) is 0.328. The highest BCUT2D eigenvalue weighted by atomic mass is 32.1. The quantitative estimate of drug-likeness (QED) is 0.695. The maximum atomic E-state index is 11.9. The second-order valence-electron chi connectivity index (χ2n) is 5.58. The van der Waals surface area contributed by atoms with E-state index in [-0.39, 0.29) is 5.25 Å². The Morgan fingerprint density at radius 2 is 1.81 bits per heavy atom. The Hall–Kier alpha value is -0.220. The van der Waals surface area contributed by atoms with Gasteiger partial charge in [-0.05, 0) is 32.7 Å². The summed E-state index contributed by atoms with van der Waals surface area (Å²) in [4.78, 5) is 16.5. The number of piperidine rings is 1. The molecule has 3 aliphatic rings. The molecule has 0 N–H and O–H groups in total. The van der Waals surface area contributed by atoms with Crippen molar-refractivity contribution in [1.82, 2.24) is 9.80 Å². The lowest BCUT2D eigenvalue weighted by atomic mass is 9.97. The van der Waals surface area contributed by atoms with Crippen LogP contribution in [0.1, 0.15) is 32.1 Å². The average Bonchev–Trinajstić information content (AvgIpc) is 2.65. The molecule has 3 heterocycles. The van der Waals surface area contributed by atoms with Crippen LogP contribution in [0, 0.1) is 0 Å². The Balaban J connectivity index is 1.71. The number of amides is 1. The standard InChI is InChI=1S/C12H20N2OS/c1-13-8-2-3-9(13)5-10(4-8)14-7-11(16)6-12(14)15/h8-11,16H,2-7H2,1H3. The summed E-state index contributed by atoms with van der Waals surface area (Å²) < 4.78 is 0. The lowest BCUT2D eigenvalue weighted by molar-refractivity contribution is -0.130. The van der Waals surface area contributed by atoms with Gasteiger partial charge in [-0.1, -0.05) is 0 Å². The molecule has 2 bridgehead atoms. The lowest BCUT2D eigenvalue weighted by Crippen LogP contribution is -2.49. The first-order chi connectivity index (χ1) is 7.65. The van der Waals surface area contributed by atoms with E-state index < -0.39 is 0 Å². The summed E-state index contributed by atoms with van der Waals surface area (Å²) in [5.41, 5.74) is 0. The Morgan fingerprint density at radius 1 is 1.19 bits per heavy atom. The van der Waals surface area contributed by atoms with Gasteiger partial charge in [0.2, 0.25) is 5.91 Å². The van der Waals surface area contributed by atoms with Crippen LogP contribution in [-0.4, -0.2) is 52.7 Å². The molecule has 0 aromatic rings. The SMILES string of the molecule is CN1C2CCC1CC(N1CC(S)CC1=O)C2. The Labute approximate surface area is 103 Å². The van der Waals surface area contributed by atoms with E-state index in [1.54, 1.807) is 0 Å². The Bertz CT molecular complexity index is 295. The molecular weight excluding hydrogens is 220 g/mol. The van der Waals surface area contributed by atoms with Crippen molar-refractivity contribution < 1.29 is 4.79 Å². The van der Waals surface area contributed by atoms with Crippen LogP contribution in [0.4, 0.5) is 0 Å². The summed E-state index contributed by atoms with van der Waals surface area (Å²) in [5, 5.41) is 0.268. The number of hydrogen-bond donors (Lipinski definition) is 1. The van der Waals surface area contributed by atoms with Crippen molar-refractivity contribution in [3.63, 3.8) is 0 Å². The second kappa shape index (κ2) is 3.91. The molecule has 3 saturated heterocycles. The highest BCUT2D eigenvalue weighted by molar-refractivity contribution is 7.81. The van der Waals surface area contributed by atoms with Gasteiger partial charge in [-0.3, -0.25) is 4.79 Å². The van der Waals surface area contributed by atoms with Crippen LogP contribution in [0.25, 0.3) is 0 Å². The highest BCUT2D eigenvalue weighted by Crippen LogP contribution is 2.37. The van der Waals surface area contributed by atoms with Crippen molar-refractivity contribution in [1.29, 1.82) is 0 Å². The molecule has 0 aliphatic carbocycles. The van der Waals surface area contributed by atoms with Crippen LogP contribution in [0.2, 0.25) is 0 Å². The molecule has 0 aromatic heterocycles. The van der Waals surface area contributed by atoms with Crippen molar-refractivity contribution >= 4 is 18.5 Å². The molecule has 16 heavy (non-hydrogen) atoms. The third kappa shape index (κ3) is 1.66. The van der Waals surface area contributed by atoms with E-state index in [2.05, 4.69) is 29.5 Å². The third-order valence-corrected chi connectivity index (χ3v) is 5.00. The van der Waals surface area contributed by atoms with Gasteiger partial charge in [-0.15, -0.1) is 0 Å².